The van der Waals surface area contributed by atoms with Crippen LogP contribution in [0.2, 0.25) is 0 Å². The minimum absolute atomic E-state index is 0.177. The number of ether oxygens (including phenoxy) is 1. The zero-order valence-electron chi connectivity index (χ0n) is 12.9. The number of aryl methyl sites for hydroxylation is 1. The van der Waals surface area contributed by atoms with E-state index in [1.54, 1.807) is 0 Å². The summed E-state index contributed by atoms with van der Waals surface area (Å²) < 4.78 is 6.19. The van der Waals surface area contributed by atoms with E-state index in [-0.39, 0.29) is 5.60 Å². The molecule has 0 aliphatic carbocycles. The summed E-state index contributed by atoms with van der Waals surface area (Å²) in [7, 11) is 4.34. The van der Waals surface area contributed by atoms with Crippen molar-refractivity contribution < 1.29 is 4.74 Å². The number of hydrogen-bond donors (Lipinski definition) is 0. The molecule has 4 heteroatoms. The number of hydrogen-bond acceptors (Lipinski definition) is 4. The molecule has 3 heterocycles. The van der Waals surface area contributed by atoms with Gasteiger partial charge in [-0.3, -0.25) is 4.90 Å². The van der Waals surface area contributed by atoms with Crippen LogP contribution in [0.25, 0.3) is 0 Å². The van der Waals surface area contributed by atoms with Crippen molar-refractivity contribution >= 4 is 11.3 Å². The molecule has 0 N–H and O–H groups in total. The third-order valence-corrected chi connectivity index (χ3v) is 5.85. The molecular weight excluding hydrogens is 268 g/mol. The molecule has 112 valence electrons. The largest absolute Gasteiger partial charge is 0.373 e. The first-order valence-corrected chi connectivity index (χ1v) is 8.46. The maximum absolute atomic E-state index is 6.19. The topological polar surface area (TPSA) is 15.7 Å². The summed E-state index contributed by atoms with van der Waals surface area (Å²) in [4.78, 5) is 7.82. The van der Waals surface area contributed by atoms with E-state index >= 15 is 0 Å². The summed E-state index contributed by atoms with van der Waals surface area (Å²) in [6.07, 6.45) is 3.61. The molecule has 20 heavy (non-hydrogen) atoms. The monoisotopic (exact) mass is 294 g/mol. The lowest BCUT2D eigenvalue weighted by molar-refractivity contribution is -0.0450. The Labute approximate surface area is 126 Å². The van der Waals surface area contributed by atoms with Crippen LogP contribution < -0.4 is 0 Å². The number of piperidine rings is 1. The highest BCUT2D eigenvalue weighted by Crippen LogP contribution is 2.37. The van der Waals surface area contributed by atoms with Crippen molar-refractivity contribution in [2.45, 2.75) is 44.4 Å². The molecular formula is C16H26N2OS. The van der Waals surface area contributed by atoms with Gasteiger partial charge < -0.3 is 9.64 Å². The lowest BCUT2D eigenvalue weighted by atomic mass is 9.87. The highest BCUT2D eigenvalue weighted by atomic mass is 32.1. The maximum Gasteiger partial charge on any atom is 0.0723 e. The summed E-state index contributed by atoms with van der Waals surface area (Å²) in [5.74, 6) is 0. The van der Waals surface area contributed by atoms with Gasteiger partial charge >= 0.3 is 0 Å². The quantitative estimate of drug-likeness (QED) is 0.852. The zero-order valence-corrected chi connectivity index (χ0v) is 13.7. The second kappa shape index (κ2) is 5.76. The van der Waals surface area contributed by atoms with E-state index in [1.165, 1.54) is 42.1 Å². The molecule has 2 aliphatic rings. The van der Waals surface area contributed by atoms with Crippen molar-refractivity contribution in [3.8, 4) is 0 Å². The fraction of sp³-hybridized carbons (Fsp3) is 0.750. The Morgan fingerprint density at radius 3 is 2.65 bits per heavy atom. The van der Waals surface area contributed by atoms with Crippen LogP contribution in [-0.4, -0.2) is 55.2 Å². The van der Waals surface area contributed by atoms with Crippen molar-refractivity contribution in [3.05, 3.63) is 21.9 Å². The van der Waals surface area contributed by atoms with Crippen LogP contribution in [0.3, 0.4) is 0 Å². The summed E-state index contributed by atoms with van der Waals surface area (Å²) in [6, 6.07) is 5.12. The van der Waals surface area contributed by atoms with E-state index in [2.05, 4.69) is 43.0 Å². The van der Waals surface area contributed by atoms with Crippen molar-refractivity contribution in [1.29, 1.82) is 0 Å². The number of nitrogens with zero attached hydrogens (tertiary/aromatic N) is 2. The third kappa shape index (κ3) is 3.08. The first-order chi connectivity index (χ1) is 9.56. The third-order valence-electron chi connectivity index (χ3n) is 4.86. The van der Waals surface area contributed by atoms with Crippen LogP contribution in [0, 0.1) is 6.92 Å². The van der Waals surface area contributed by atoms with Crippen LogP contribution in [0.1, 0.15) is 29.0 Å². The summed E-state index contributed by atoms with van der Waals surface area (Å²) in [5.41, 5.74) is 0.177. The lowest BCUT2D eigenvalue weighted by Gasteiger charge is -2.38. The predicted molar refractivity (Wildman–Crippen MR) is 84.3 cm³/mol. The minimum atomic E-state index is 0.177. The van der Waals surface area contributed by atoms with Crippen molar-refractivity contribution in [1.82, 2.24) is 9.80 Å². The molecule has 0 amide bonds. The standard InChI is InChI=1S/C16H26N2OS/c1-13-4-5-15(20-13)11-18-8-6-16(7-9-18)10-14(12-19-16)17(2)3/h4-5,14H,6-12H2,1-3H3/t14-/m1/s1. The Hall–Kier alpha value is -0.420. The van der Waals surface area contributed by atoms with Gasteiger partial charge in [0.15, 0.2) is 0 Å². The smallest absolute Gasteiger partial charge is 0.0723 e. The molecule has 3 rings (SSSR count). The average Bonchev–Trinajstić information content (AvgIpc) is 3.00. The van der Waals surface area contributed by atoms with Crippen molar-refractivity contribution in [3.63, 3.8) is 0 Å². The average molecular weight is 294 g/mol. The van der Waals surface area contributed by atoms with Crippen LogP contribution in [-0.2, 0) is 11.3 Å². The summed E-state index contributed by atoms with van der Waals surface area (Å²) in [5, 5.41) is 0. The Balaban J connectivity index is 1.52. The Morgan fingerprint density at radius 1 is 1.35 bits per heavy atom. The van der Waals surface area contributed by atoms with Gasteiger partial charge in [-0.1, -0.05) is 0 Å². The molecule has 0 radical (unpaired) electrons. The second-order valence-corrected chi connectivity index (χ2v) is 7.98. The van der Waals surface area contributed by atoms with Crippen molar-refractivity contribution in [2.24, 2.45) is 0 Å². The van der Waals surface area contributed by atoms with Gasteiger partial charge in [-0.15, -0.1) is 11.3 Å². The van der Waals surface area contributed by atoms with Gasteiger partial charge in [0, 0.05) is 35.4 Å². The molecule has 1 aromatic rings. The highest BCUT2D eigenvalue weighted by Gasteiger charge is 2.43. The number of likely N-dealkylation sites (N-methyl/N-ethyl adjacent to an activating group) is 1. The van der Waals surface area contributed by atoms with Gasteiger partial charge in [-0.2, -0.15) is 0 Å². The first-order valence-electron chi connectivity index (χ1n) is 7.64. The molecule has 2 saturated heterocycles. The molecule has 0 bridgehead atoms. The van der Waals surface area contributed by atoms with E-state index in [0.717, 1.165) is 13.2 Å². The molecule has 1 atom stereocenters. The number of rotatable bonds is 3. The van der Waals surface area contributed by atoms with Gasteiger partial charge in [0.25, 0.3) is 0 Å². The predicted octanol–water partition coefficient (Wildman–Crippen LogP) is 2.74. The fourth-order valence-electron chi connectivity index (χ4n) is 3.41. The normalized spacial score (nSPS) is 26.7. The Morgan fingerprint density at radius 2 is 2.10 bits per heavy atom. The molecule has 0 saturated carbocycles. The van der Waals surface area contributed by atoms with Crippen LogP contribution in [0.4, 0.5) is 0 Å². The SMILES string of the molecule is Cc1ccc(CN2CCC3(CC2)C[C@@H](N(C)C)CO3)s1. The van der Waals surface area contributed by atoms with E-state index in [4.69, 9.17) is 4.74 Å². The highest BCUT2D eigenvalue weighted by molar-refractivity contribution is 7.11. The Kier molecular flexibility index (Phi) is 4.18. The molecule has 3 nitrogen and oxygen atoms in total. The van der Waals surface area contributed by atoms with E-state index in [0.29, 0.717) is 6.04 Å². The summed E-state index contributed by atoms with van der Waals surface area (Å²) >= 11 is 1.93. The molecule has 0 aromatic carbocycles. The van der Waals surface area contributed by atoms with Gasteiger partial charge in [-0.05, 0) is 52.4 Å². The van der Waals surface area contributed by atoms with Gasteiger partial charge in [0.1, 0.15) is 0 Å². The van der Waals surface area contributed by atoms with Gasteiger partial charge in [0.05, 0.1) is 12.2 Å². The van der Waals surface area contributed by atoms with Gasteiger partial charge in [0.2, 0.25) is 0 Å². The molecule has 2 aliphatic heterocycles. The fourth-order valence-corrected chi connectivity index (χ4v) is 4.34. The first kappa shape index (κ1) is 14.5. The van der Waals surface area contributed by atoms with E-state index in [1.807, 2.05) is 11.3 Å². The number of thiophene rings is 1. The summed E-state index contributed by atoms with van der Waals surface area (Å²) in [6.45, 7) is 6.57. The van der Waals surface area contributed by atoms with Crippen LogP contribution in [0.15, 0.2) is 12.1 Å². The molecule has 1 aromatic heterocycles. The van der Waals surface area contributed by atoms with E-state index in [9.17, 15) is 0 Å². The van der Waals surface area contributed by atoms with Gasteiger partial charge in [-0.25, -0.2) is 0 Å². The second-order valence-electron chi connectivity index (χ2n) is 6.60. The molecule has 0 unspecified atom stereocenters. The minimum Gasteiger partial charge on any atom is -0.373 e. The van der Waals surface area contributed by atoms with Crippen LogP contribution >= 0.6 is 11.3 Å². The molecule has 1 spiro atoms. The number of likely N-dealkylation sites (tertiary alicyclic amines) is 1. The van der Waals surface area contributed by atoms with E-state index < -0.39 is 0 Å². The van der Waals surface area contributed by atoms with Crippen LogP contribution in [0.5, 0.6) is 0 Å². The zero-order chi connectivity index (χ0) is 14.2. The Bertz CT molecular complexity index is 449. The molecule has 2 fully saturated rings. The lowest BCUT2D eigenvalue weighted by Crippen LogP contribution is -2.44. The van der Waals surface area contributed by atoms with Crippen molar-refractivity contribution in [2.75, 3.05) is 33.8 Å². The maximum atomic E-state index is 6.19.